The van der Waals surface area contributed by atoms with E-state index in [1.807, 2.05) is 12.1 Å². The van der Waals surface area contributed by atoms with Crippen molar-refractivity contribution in [2.24, 2.45) is 11.8 Å². The number of phenols is 1. The number of aromatic nitrogens is 5. The van der Waals surface area contributed by atoms with Gasteiger partial charge >= 0.3 is 0 Å². The first kappa shape index (κ1) is 24.1. The van der Waals surface area contributed by atoms with Crippen molar-refractivity contribution in [2.75, 3.05) is 31.1 Å². The number of hydrogen-bond acceptors (Lipinski definition) is 7. The van der Waals surface area contributed by atoms with Gasteiger partial charge in [0.1, 0.15) is 11.4 Å². The van der Waals surface area contributed by atoms with Crippen LogP contribution in [0.5, 0.6) is 5.75 Å². The second kappa shape index (κ2) is 10.3. The molecule has 0 unspecified atom stereocenters. The van der Waals surface area contributed by atoms with E-state index in [2.05, 4.69) is 35.6 Å². The number of aromatic hydroxyl groups is 1. The number of phenolic OH excluding ortho intramolecular Hbond substituents is 1. The van der Waals surface area contributed by atoms with Crippen molar-refractivity contribution in [1.82, 2.24) is 30.7 Å². The van der Waals surface area contributed by atoms with Crippen molar-refractivity contribution >= 4 is 43.2 Å². The number of rotatable bonds is 3. The molecule has 0 aliphatic carbocycles. The van der Waals surface area contributed by atoms with Crippen molar-refractivity contribution in [3.63, 3.8) is 0 Å². The number of piperidine rings is 1. The molecule has 5 rings (SSSR count). The first-order valence-electron chi connectivity index (χ1n) is 9.26. The van der Waals surface area contributed by atoms with E-state index < -0.39 is 0 Å². The number of hydrogen-bond donors (Lipinski definition) is 3. The van der Waals surface area contributed by atoms with Crippen molar-refractivity contribution in [3.8, 4) is 28.1 Å². The van der Waals surface area contributed by atoms with E-state index >= 15 is 0 Å². The Labute approximate surface area is 193 Å². The molecule has 30 heavy (non-hydrogen) atoms. The van der Waals surface area contributed by atoms with Crippen molar-refractivity contribution in [3.05, 3.63) is 36.8 Å². The monoisotopic (exact) mass is 471 g/mol. The third kappa shape index (κ3) is 4.62. The van der Waals surface area contributed by atoms with Crippen molar-refractivity contribution in [1.29, 1.82) is 0 Å². The highest BCUT2D eigenvalue weighted by molar-refractivity contribution is 5.86. The summed E-state index contributed by atoms with van der Waals surface area (Å²) in [5.41, 5.74) is 2.98. The zero-order valence-corrected chi connectivity index (χ0v) is 18.5. The number of anilines is 1. The smallest absolute Gasteiger partial charge is 0.245 e. The maximum Gasteiger partial charge on any atom is 0.245 e. The summed E-state index contributed by atoms with van der Waals surface area (Å²) < 4.78 is 0. The van der Waals surface area contributed by atoms with Gasteiger partial charge in [-0.1, -0.05) is 6.07 Å². The Bertz CT molecular complexity index is 926. The summed E-state index contributed by atoms with van der Waals surface area (Å²) in [5.74, 6) is 2.20. The van der Waals surface area contributed by atoms with Gasteiger partial charge in [0, 0.05) is 30.4 Å². The summed E-state index contributed by atoms with van der Waals surface area (Å²) in [4.78, 5) is 6.74. The molecule has 11 heteroatoms. The number of H-pyrrole nitrogens is 1. The fraction of sp³-hybridized carbons (Fsp3) is 0.368. The summed E-state index contributed by atoms with van der Waals surface area (Å²) >= 11 is 0. The molecule has 162 valence electrons. The number of nitrogens with zero attached hydrogens (tertiary/aromatic N) is 5. The zero-order valence-electron chi connectivity index (χ0n) is 16.1. The van der Waals surface area contributed by atoms with Gasteiger partial charge in [-0.2, -0.15) is 5.10 Å². The molecule has 0 radical (unpaired) electrons. The Morgan fingerprint density at radius 3 is 2.50 bits per heavy atom. The third-order valence-electron chi connectivity index (χ3n) is 5.61. The topological polar surface area (TPSA) is 103 Å². The molecule has 3 N–H and O–H groups in total. The summed E-state index contributed by atoms with van der Waals surface area (Å²) in [7, 11) is 0. The van der Waals surface area contributed by atoms with Crippen LogP contribution < -0.4 is 10.2 Å². The van der Waals surface area contributed by atoms with Crippen LogP contribution in [0.25, 0.3) is 22.4 Å². The number of benzene rings is 1. The SMILES string of the molecule is Cl.Cl.Cl.Oc1cc(-c2cn[nH]c2)ccc1-c1cnc(N2C[C@H]3CNCC[C@H]3C2)nn1. The van der Waals surface area contributed by atoms with Gasteiger partial charge in [-0.05, 0) is 49.0 Å². The minimum absolute atomic E-state index is 0. The van der Waals surface area contributed by atoms with Gasteiger partial charge in [-0.15, -0.1) is 47.4 Å². The summed E-state index contributed by atoms with van der Waals surface area (Å²) in [6.07, 6.45) is 6.40. The maximum absolute atomic E-state index is 10.4. The highest BCUT2D eigenvalue weighted by Crippen LogP contribution is 2.33. The molecule has 0 spiro atoms. The Morgan fingerprint density at radius 2 is 1.83 bits per heavy atom. The van der Waals surface area contributed by atoms with Gasteiger partial charge in [-0.3, -0.25) is 5.10 Å². The maximum atomic E-state index is 10.4. The Kier molecular flexibility index (Phi) is 8.25. The Morgan fingerprint density at radius 1 is 1.00 bits per heavy atom. The van der Waals surface area contributed by atoms with Crippen molar-refractivity contribution < 1.29 is 5.11 Å². The standard InChI is InChI=1S/C19H21N7O.3ClH/c27-18-5-12(14-7-22-23-8-14)1-2-16(18)17-9-21-19(25-24-17)26-10-13-3-4-20-6-15(13)11-26;;;/h1-2,5,7-9,13,15,20,27H,3-4,6,10-11H2,(H,22,23);3*1H/t13-,15+;;;/m0.../s1. The molecule has 2 atom stereocenters. The molecular weight excluding hydrogens is 449 g/mol. The molecule has 0 amide bonds. The lowest BCUT2D eigenvalue weighted by molar-refractivity contribution is 0.318. The van der Waals surface area contributed by atoms with Crippen LogP contribution in [0.3, 0.4) is 0 Å². The number of aromatic amines is 1. The molecular formula is C19H24Cl3N7O. The van der Waals surface area contributed by atoms with Crippen LogP contribution in [0.2, 0.25) is 0 Å². The first-order valence-corrected chi connectivity index (χ1v) is 9.26. The largest absolute Gasteiger partial charge is 0.507 e. The number of halogens is 3. The van der Waals surface area contributed by atoms with E-state index in [1.54, 1.807) is 24.7 Å². The fourth-order valence-corrected chi connectivity index (χ4v) is 4.11. The summed E-state index contributed by atoms with van der Waals surface area (Å²) in [5, 5.41) is 29.2. The van der Waals surface area contributed by atoms with Gasteiger partial charge in [0.2, 0.25) is 5.95 Å². The normalized spacial score (nSPS) is 19.8. The molecule has 3 aromatic rings. The van der Waals surface area contributed by atoms with Crippen LogP contribution in [0.4, 0.5) is 5.95 Å². The molecule has 0 bridgehead atoms. The van der Waals surface area contributed by atoms with E-state index in [0.717, 1.165) is 37.3 Å². The predicted octanol–water partition coefficient (Wildman–Crippen LogP) is 2.95. The van der Waals surface area contributed by atoms with Crippen molar-refractivity contribution in [2.45, 2.75) is 6.42 Å². The zero-order chi connectivity index (χ0) is 18.2. The molecule has 8 nitrogen and oxygen atoms in total. The fourth-order valence-electron chi connectivity index (χ4n) is 4.11. The van der Waals surface area contributed by atoms with Crippen LogP contribution in [0.1, 0.15) is 6.42 Å². The minimum atomic E-state index is 0. The average molecular weight is 473 g/mol. The van der Waals surface area contributed by atoms with E-state index in [9.17, 15) is 5.11 Å². The molecule has 1 aromatic carbocycles. The van der Waals surface area contributed by atoms with Gasteiger partial charge in [0.05, 0.1) is 12.4 Å². The summed E-state index contributed by atoms with van der Waals surface area (Å²) in [6.45, 7) is 4.14. The van der Waals surface area contributed by atoms with Crippen LogP contribution in [-0.4, -0.2) is 56.7 Å². The molecule has 4 heterocycles. The van der Waals surface area contributed by atoms with Gasteiger partial charge in [0.15, 0.2) is 0 Å². The Balaban J connectivity index is 0.00000107. The molecule has 2 saturated heterocycles. The predicted molar refractivity (Wildman–Crippen MR) is 123 cm³/mol. The lowest BCUT2D eigenvalue weighted by atomic mass is 9.90. The molecule has 2 aromatic heterocycles. The Hall–Kier alpha value is -2.13. The average Bonchev–Trinajstić information content (AvgIpc) is 3.38. The van der Waals surface area contributed by atoms with E-state index in [-0.39, 0.29) is 43.0 Å². The van der Waals surface area contributed by atoms with E-state index in [4.69, 9.17) is 0 Å². The molecule has 2 aliphatic rings. The van der Waals surface area contributed by atoms with Crippen LogP contribution in [0.15, 0.2) is 36.8 Å². The number of nitrogens with one attached hydrogen (secondary N) is 2. The van der Waals surface area contributed by atoms with Crippen LogP contribution in [-0.2, 0) is 0 Å². The molecule has 0 saturated carbocycles. The van der Waals surface area contributed by atoms with Gasteiger partial charge < -0.3 is 15.3 Å². The summed E-state index contributed by atoms with van der Waals surface area (Å²) in [6, 6.07) is 5.46. The van der Waals surface area contributed by atoms with Gasteiger partial charge in [-0.25, -0.2) is 4.98 Å². The highest BCUT2D eigenvalue weighted by Gasteiger charge is 2.35. The lowest BCUT2D eigenvalue weighted by Crippen LogP contribution is -2.35. The molecule has 2 aliphatic heterocycles. The lowest BCUT2D eigenvalue weighted by Gasteiger charge is -2.23. The van der Waals surface area contributed by atoms with E-state index in [1.165, 1.54) is 6.42 Å². The second-order valence-electron chi connectivity index (χ2n) is 7.28. The van der Waals surface area contributed by atoms with Gasteiger partial charge in [0.25, 0.3) is 0 Å². The quantitative estimate of drug-likeness (QED) is 0.538. The van der Waals surface area contributed by atoms with Crippen LogP contribution in [0, 0.1) is 11.8 Å². The minimum Gasteiger partial charge on any atom is -0.507 e. The van der Waals surface area contributed by atoms with Crippen LogP contribution >= 0.6 is 37.2 Å². The third-order valence-corrected chi connectivity index (χ3v) is 5.61. The molecule has 2 fully saturated rings. The van der Waals surface area contributed by atoms with E-state index in [0.29, 0.717) is 29.0 Å². The number of fused-ring (bicyclic) bond motifs is 1. The highest BCUT2D eigenvalue weighted by atomic mass is 35.5. The second-order valence-corrected chi connectivity index (χ2v) is 7.28. The first-order chi connectivity index (χ1) is 13.3.